The van der Waals surface area contributed by atoms with Gasteiger partial charge in [0.2, 0.25) is 0 Å². The molecule has 0 saturated carbocycles. The van der Waals surface area contributed by atoms with E-state index in [4.69, 9.17) is 16.6 Å². The highest BCUT2D eigenvalue weighted by molar-refractivity contribution is 9.10. The largest absolute Gasteiger partial charge is 0.398 e. The number of nitrogen functional groups attached to an aromatic ring is 1. The van der Waals surface area contributed by atoms with E-state index in [1.165, 1.54) is 0 Å². The third-order valence-corrected chi connectivity index (χ3v) is 4.69. The number of hydrogen-bond acceptors (Lipinski definition) is 5. The molecule has 0 bridgehead atoms. The molecule has 0 fully saturated rings. The fourth-order valence-corrected chi connectivity index (χ4v) is 3.48. The van der Waals surface area contributed by atoms with Crippen LogP contribution in [0.3, 0.4) is 0 Å². The number of anilines is 1. The van der Waals surface area contributed by atoms with Gasteiger partial charge in [-0.15, -0.1) is 11.3 Å². The van der Waals surface area contributed by atoms with E-state index in [-0.39, 0.29) is 11.5 Å². The molecule has 0 aliphatic rings. The lowest BCUT2D eigenvalue weighted by molar-refractivity contribution is 0.542. The van der Waals surface area contributed by atoms with Gasteiger partial charge in [-0.1, -0.05) is 36.7 Å². The first-order valence-corrected chi connectivity index (χ1v) is 8.44. The highest BCUT2D eigenvalue weighted by atomic mass is 79.9. The molecule has 1 aromatic carbocycles. The third-order valence-electron chi connectivity index (χ3n) is 3.32. The fraction of sp³-hybridized carbons (Fsp3) is 0.400. The first-order chi connectivity index (χ1) is 9.81. The Labute approximate surface area is 138 Å². The molecule has 0 saturated heterocycles. The summed E-state index contributed by atoms with van der Waals surface area (Å²) in [5, 5.41) is 3.18. The minimum atomic E-state index is -0.0542. The van der Waals surface area contributed by atoms with E-state index in [9.17, 15) is 0 Å². The van der Waals surface area contributed by atoms with Gasteiger partial charge in [0, 0.05) is 27.4 Å². The zero-order valence-corrected chi connectivity index (χ0v) is 14.9. The maximum atomic E-state index is 6.06. The van der Waals surface area contributed by atoms with Crippen LogP contribution in [0.5, 0.6) is 0 Å². The van der Waals surface area contributed by atoms with Crippen LogP contribution in [0.1, 0.15) is 43.1 Å². The summed E-state index contributed by atoms with van der Waals surface area (Å²) in [6, 6.07) is 5.75. The van der Waals surface area contributed by atoms with Crippen molar-refractivity contribution in [1.82, 2.24) is 10.4 Å². The van der Waals surface area contributed by atoms with Crippen molar-refractivity contribution in [2.24, 2.45) is 5.84 Å². The zero-order chi connectivity index (χ0) is 15.6. The second-order valence-corrected chi connectivity index (χ2v) is 7.93. The summed E-state index contributed by atoms with van der Waals surface area (Å²) < 4.78 is 0.987. The summed E-state index contributed by atoms with van der Waals surface area (Å²) in [5.74, 6) is 5.72. The van der Waals surface area contributed by atoms with Gasteiger partial charge < -0.3 is 5.73 Å². The molecule has 0 spiro atoms. The summed E-state index contributed by atoms with van der Waals surface area (Å²) >= 11 is 5.14. The molecule has 1 atom stereocenters. The molecule has 4 nitrogen and oxygen atoms in total. The zero-order valence-electron chi connectivity index (χ0n) is 12.5. The van der Waals surface area contributed by atoms with Gasteiger partial charge in [0.15, 0.2) is 0 Å². The van der Waals surface area contributed by atoms with Crippen molar-refractivity contribution in [2.45, 2.75) is 38.6 Å². The van der Waals surface area contributed by atoms with Crippen molar-refractivity contribution in [3.8, 4) is 0 Å². The molecule has 1 aromatic heterocycles. The topological polar surface area (TPSA) is 77.0 Å². The van der Waals surface area contributed by atoms with Crippen molar-refractivity contribution in [3.05, 3.63) is 44.3 Å². The number of rotatable bonds is 4. The van der Waals surface area contributed by atoms with E-state index in [0.717, 1.165) is 32.8 Å². The Balaban J connectivity index is 2.23. The van der Waals surface area contributed by atoms with Gasteiger partial charge in [-0.2, -0.15) is 0 Å². The number of hydrazine groups is 1. The molecule has 0 amide bonds. The minimum absolute atomic E-state index is 0.0542. The lowest BCUT2D eigenvalue weighted by Crippen LogP contribution is -2.30. The van der Waals surface area contributed by atoms with Crippen LogP contribution in [0.4, 0.5) is 5.69 Å². The Bertz CT molecular complexity index is 618. The Morgan fingerprint density at radius 3 is 2.67 bits per heavy atom. The van der Waals surface area contributed by atoms with Crippen LogP contribution in [0.2, 0.25) is 0 Å². The summed E-state index contributed by atoms with van der Waals surface area (Å²) in [5.41, 5.74) is 11.8. The van der Waals surface area contributed by atoms with Gasteiger partial charge in [0.1, 0.15) is 0 Å². The molecule has 2 rings (SSSR count). The summed E-state index contributed by atoms with van der Waals surface area (Å²) in [4.78, 5) is 4.72. The van der Waals surface area contributed by atoms with Crippen LogP contribution in [0, 0.1) is 0 Å². The molecule has 114 valence electrons. The minimum Gasteiger partial charge on any atom is -0.398 e. The predicted molar refractivity (Wildman–Crippen MR) is 93.1 cm³/mol. The number of nitrogens with two attached hydrogens (primary N) is 2. The molecule has 1 unspecified atom stereocenters. The Kier molecular flexibility index (Phi) is 5.03. The smallest absolute Gasteiger partial charge is 0.0948 e. The highest BCUT2D eigenvalue weighted by Crippen LogP contribution is 2.29. The van der Waals surface area contributed by atoms with Crippen LogP contribution in [-0.4, -0.2) is 4.98 Å². The predicted octanol–water partition coefficient (Wildman–Crippen LogP) is 3.53. The maximum Gasteiger partial charge on any atom is 0.0948 e. The van der Waals surface area contributed by atoms with Gasteiger partial charge >= 0.3 is 0 Å². The maximum absolute atomic E-state index is 6.06. The normalized spacial score (nSPS) is 13.4. The van der Waals surface area contributed by atoms with Crippen molar-refractivity contribution >= 4 is 33.0 Å². The van der Waals surface area contributed by atoms with Crippen LogP contribution >= 0.6 is 27.3 Å². The molecule has 6 heteroatoms. The van der Waals surface area contributed by atoms with Crippen LogP contribution in [0.15, 0.2) is 28.1 Å². The summed E-state index contributed by atoms with van der Waals surface area (Å²) in [7, 11) is 0. The van der Waals surface area contributed by atoms with E-state index in [0.29, 0.717) is 0 Å². The van der Waals surface area contributed by atoms with Gasteiger partial charge in [-0.05, 0) is 23.8 Å². The summed E-state index contributed by atoms with van der Waals surface area (Å²) in [6.45, 7) is 6.49. The second-order valence-electron chi connectivity index (χ2n) is 6.07. The quantitative estimate of drug-likeness (QED) is 0.438. The number of benzene rings is 1. The summed E-state index contributed by atoms with van der Waals surface area (Å²) in [6.07, 6.45) is 0.720. The molecule has 2 aromatic rings. The van der Waals surface area contributed by atoms with E-state index < -0.39 is 0 Å². The van der Waals surface area contributed by atoms with Gasteiger partial charge in [0.05, 0.1) is 16.7 Å². The molecule has 5 N–H and O–H groups in total. The van der Waals surface area contributed by atoms with Gasteiger partial charge in [0.25, 0.3) is 0 Å². The Morgan fingerprint density at radius 2 is 2.10 bits per heavy atom. The fourth-order valence-electron chi connectivity index (χ4n) is 2.03. The lowest BCUT2D eigenvalue weighted by atomic mass is 9.93. The number of thiazole rings is 1. The average molecular weight is 369 g/mol. The lowest BCUT2D eigenvalue weighted by Gasteiger charge is -2.18. The molecular weight excluding hydrogens is 348 g/mol. The number of aromatic nitrogens is 1. The van der Waals surface area contributed by atoms with Crippen molar-refractivity contribution in [1.29, 1.82) is 0 Å². The van der Waals surface area contributed by atoms with Crippen LogP contribution in [0.25, 0.3) is 0 Å². The molecule has 1 heterocycles. The first kappa shape index (κ1) is 16.4. The van der Waals surface area contributed by atoms with Crippen molar-refractivity contribution < 1.29 is 0 Å². The number of halogens is 1. The Morgan fingerprint density at radius 1 is 1.38 bits per heavy atom. The average Bonchev–Trinajstić information content (AvgIpc) is 2.87. The SMILES string of the molecule is CC(C)(C)c1csc(CC(NN)c2cc(Br)ccc2N)n1. The number of nitrogens with one attached hydrogen (secondary N) is 1. The first-order valence-electron chi connectivity index (χ1n) is 6.77. The standard InChI is InChI=1S/C15H21BrN4S/c1-15(2,3)13-8-21-14(19-13)7-12(20-18)10-6-9(16)4-5-11(10)17/h4-6,8,12,20H,7,17-18H2,1-3H3. The van der Waals surface area contributed by atoms with E-state index >= 15 is 0 Å². The molecular formula is C15H21BrN4S. The second kappa shape index (κ2) is 6.44. The van der Waals surface area contributed by atoms with Crippen LogP contribution < -0.4 is 17.0 Å². The van der Waals surface area contributed by atoms with E-state index in [1.807, 2.05) is 18.2 Å². The molecule has 0 aliphatic heterocycles. The van der Waals surface area contributed by atoms with Crippen LogP contribution in [-0.2, 0) is 11.8 Å². The van der Waals surface area contributed by atoms with E-state index in [1.54, 1.807) is 11.3 Å². The highest BCUT2D eigenvalue weighted by Gasteiger charge is 2.20. The monoisotopic (exact) mass is 368 g/mol. The third kappa shape index (κ3) is 4.03. The van der Waals surface area contributed by atoms with Crippen molar-refractivity contribution in [2.75, 3.05) is 5.73 Å². The molecule has 21 heavy (non-hydrogen) atoms. The van der Waals surface area contributed by atoms with E-state index in [2.05, 4.69) is 47.5 Å². The van der Waals surface area contributed by atoms with Gasteiger partial charge in [-0.25, -0.2) is 4.98 Å². The van der Waals surface area contributed by atoms with Gasteiger partial charge in [-0.3, -0.25) is 11.3 Å². The van der Waals surface area contributed by atoms with Crippen molar-refractivity contribution in [3.63, 3.8) is 0 Å². The molecule has 0 aliphatic carbocycles. The Hall–Kier alpha value is -0.950. The number of nitrogens with zero attached hydrogens (tertiary/aromatic N) is 1. The molecule has 0 radical (unpaired) electrons. The number of hydrogen-bond donors (Lipinski definition) is 3.